The number of nitrogens with one attached hydrogen (secondary N) is 4. The summed E-state index contributed by atoms with van der Waals surface area (Å²) in [5.74, 6) is -0.351. The summed E-state index contributed by atoms with van der Waals surface area (Å²) in [4.78, 5) is 59.4. The third kappa shape index (κ3) is 14.1. The van der Waals surface area contributed by atoms with Crippen LogP contribution in [0.15, 0.2) is 80.4 Å². The Hall–Kier alpha value is -4.34. The van der Waals surface area contributed by atoms with E-state index in [-0.39, 0.29) is 35.7 Å². The summed E-state index contributed by atoms with van der Waals surface area (Å²) in [7, 11) is 0. The first-order valence-corrected chi connectivity index (χ1v) is 22.9. The fourth-order valence-corrected chi connectivity index (χ4v) is 7.94. The van der Waals surface area contributed by atoms with E-state index < -0.39 is 23.4 Å². The lowest BCUT2D eigenvalue weighted by molar-refractivity contribution is -0.120. The number of fused-ring (bicyclic) bond motifs is 8. The molecule has 0 fully saturated rings. The molecule has 2 aromatic heterocycles. The van der Waals surface area contributed by atoms with Crippen molar-refractivity contribution >= 4 is 83.2 Å². The molecule has 0 spiro atoms. The molecule has 4 N–H and O–H groups in total. The second-order valence-corrected chi connectivity index (χ2v) is 20.1. The summed E-state index contributed by atoms with van der Waals surface area (Å²) in [5, 5.41) is 12.1. The number of rotatable bonds is 2. The van der Waals surface area contributed by atoms with Crippen molar-refractivity contribution in [3.63, 3.8) is 0 Å². The molecule has 2 aromatic carbocycles. The van der Waals surface area contributed by atoms with Gasteiger partial charge in [0.25, 0.3) is 0 Å². The predicted molar refractivity (Wildman–Crippen MR) is 250 cm³/mol. The number of nitrogens with zero attached hydrogens (tertiary/aromatic N) is 2. The fraction of sp³-hybridized carbons (Fsp3) is 0.435. The maximum atomic E-state index is 12.8. The molecule has 4 aromatic rings. The molecule has 2 aliphatic rings. The Morgan fingerprint density at radius 2 is 1.07 bits per heavy atom. The molecule has 15 heteroatoms. The Morgan fingerprint density at radius 1 is 0.623 bits per heavy atom. The Kier molecular flexibility index (Phi) is 16.2. The summed E-state index contributed by atoms with van der Waals surface area (Å²) in [6.07, 6.45) is 6.78. The molecule has 326 valence electrons. The number of carbonyl (C=O) groups is 4. The standard InChI is InChI=1S/C23H27Br2N3O3.C23H28BrN3O3/c1-13-6-5-7-18(28-22(30)31-23(2,3)4)20-10-14(8-9-26-20)15-11-16(24)17(25)12-19(15)27-21(13)29;1-14-6-5-7-18(27-22(29)30-23(2,3)4)20-12-15(10-11-25-20)17-9-8-16(24)13-19(17)26-21(14)28/h8-13,18H,5-7H2,1-4H3,(H,27,29)(H,28,30);8-14,18H,5-7H2,1-4H3,(H,26,28)(H,27,29)/t13-,18+;14-,18+/m11/s1. The lowest BCUT2D eigenvalue weighted by atomic mass is 9.95. The van der Waals surface area contributed by atoms with Crippen LogP contribution in [-0.4, -0.2) is 45.2 Å². The van der Waals surface area contributed by atoms with Gasteiger partial charge in [-0.1, -0.05) is 48.7 Å². The summed E-state index contributed by atoms with van der Waals surface area (Å²) in [5.41, 5.74) is 5.43. The van der Waals surface area contributed by atoms with E-state index in [9.17, 15) is 19.2 Å². The molecule has 2 aliphatic heterocycles. The molecule has 4 amide bonds. The van der Waals surface area contributed by atoms with Crippen LogP contribution in [0.25, 0.3) is 22.3 Å². The van der Waals surface area contributed by atoms with Crippen molar-refractivity contribution in [2.45, 2.75) is 117 Å². The van der Waals surface area contributed by atoms with Gasteiger partial charge in [-0.2, -0.15) is 0 Å². The monoisotopic (exact) mass is 1020 g/mol. The molecule has 4 atom stereocenters. The highest BCUT2D eigenvalue weighted by Gasteiger charge is 2.26. The second kappa shape index (κ2) is 20.7. The largest absolute Gasteiger partial charge is 0.444 e. The zero-order chi connectivity index (χ0) is 44.6. The number of benzene rings is 2. The van der Waals surface area contributed by atoms with E-state index in [0.717, 1.165) is 71.3 Å². The molecule has 0 aliphatic carbocycles. The first-order valence-electron chi connectivity index (χ1n) is 20.5. The fourth-order valence-electron chi connectivity index (χ4n) is 6.89. The van der Waals surface area contributed by atoms with Gasteiger partial charge in [0.2, 0.25) is 11.8 Å². The van der Waals surface area contributed by atoms with E-state index in [1.807, 2.05) is 110 Å². The Morgan fingerprint density at radius 3 is 1.54 bits per heavy atom. The number of ether oxygens (including phenoxy) is 2. The minimum absolute atomic E-state index is 0.0131. The topological polar surface area (TPSA) is 161 Å². The first kappa shape index (κ1) is 47.7. The van der Waals surface area contributed by atoms with E-state index >= 15 is 0 Å². The van der Waals surface area contributed by atoms with Crippen LogP contribution in [0.2, 0.25) is 0 Å². The number of pyridine rings is 2. The van der Waals surface area contributed by atoms with Gasteiger partial charge < -0.3 is 30.7 Å². The van der Waals surface area contributed by atoms with E-state index in [2.05, 4.69) is 79.0 Å². The van der Waals surface area contributed by atoms with Gasteiger partial charge in [-0.3, -0.25) is 19.6 Å². The van der Waals surface area contributed by atoms with Gasteiger partial charge in [0.1, 0.15) is 11.2 Å². The maximum Gasteiger partial charge on any atom is 0.408 e. The highest BCUT2D eigenvalue weighted by atomic mass is 79.9. The van der Waals surface area contributed by atoms with Gasteiger partial charge in [0, 0.05) is 60.1 Å². The number of hydrogen-bond donors (Lipinski definition) is 4. The number of alkyl carbamates (subject to hydrolysis) is 2. The van der Waals surface area contributed by atoms with Crippen molar-refractivity contribution in [1.82, 2.24) is 20.6 Å². The minimum atomic E-state index is -0.587. The Labute approximate surface area is 383 Å². The average molecular weight is 1030 g/mol. The second-order valence-electron chi connectivity index (χ2n) is 17.5. The molecular weight excluding hydrogens is 972 g/mol. The van der Waals surface area contributed by atoms with E-state index in [1.54, 1.807) is 12.4 Å². The molecule has 0 saturated carbocycles. The van der Waals surface area contributed by atoms with Crippen molar-refractivity contribution in [3.8, 4) is 22.3 Å². The van der Waals surface area contributed by atoms with Gasteiger partial charge >= 0.3 is 12.2 Å². The molecule has 61 heavy (non-hydrogen) atoms. The van der Waals surface area contributed by atoms with Crippen LogP contribution in [-0.2, 0) is 19.1 Å². The number of carbonyl (C=O) groups excluding carboxylic acids is 4. The third-order valence-electron chi connectivity index (χ3n) is 9.99. The summed E-state index contributed by atoms with van der Waals surface area (Å²) >= 11 is 10.6. The lowest BCUT2D eigenvalue weighted by Gasteiger charge is -2.25. The molecule has 0 saturated heterocycles. The van der Waals surface area contributed by atoms with Crippen LogP contribution in [0.1, 0.15) is 117 Å². The van der Waals surface area contributed by atoms with Crippen LogP contribution in [0.4, 0.5) is 21.0 Å². The predicted octanol–water partition coefficient (Wildman–Crippen LogP) is 12.4. The average Bonchev–Trinajstić information content (AvgIpc) is 3.16. The molecule has 12 nitrogen and oxygen atoms in total. The van der Waals surface area contributed by atoms with Gasteiger partial charge in [-0.25, -0.2) is 9.59 Å². The normalized spacial score (nSPS) is 19.5. The molecule has 0 unspecified atom stereocenters. The highest BCUT2D eigenvalue weighted by Crippen LogP contribution is 2.38. The number of aromatic nitrogens is 2. The quantitative estimate of drug-likeness (QED) is 0.154. The van der Waals surface area contributed by atoms with Crippen LogP contribution in [0.3, 0.4) is 0 Å². The van der Waals surface area contributed by atoms with Crippen molar-refractivity contribution in [3.05, 3.63) is 91.8 Å². The van der Waals surface area contributed by atoms with Gasteiger partial charge in [-0.15, -0.1) is 0 Å². The Balaban J connectivity index is 0.000000231. The SMILES string of the molecule is C[C@@H]1CCC[C@H](NC(=O)OC(C)(C)C)c2cc(ccn2)-c2cc(Br)c(Br)cc2NC1=O.C[C@@H]1CCC[C@H](NC(=O)OC(C)(C)C)c2cc(ccn2)-c2ccc(Br)cc2NC1=O. The summed E-state index contributed by atoms with van der Waals surface area (Å²) in [6, 6.07) is 16.8. The summed E-state index contributed by atoms with van der Waals surface area (Å²) < 4.78 is 13.5. The zero-order valence-corrected chi connectivity index (χ0v) is 40.6. The smallest absolute Gasteiger partial charge is 0.408 e. The number of hydrogen-bond acceptors (Lipinski definition) is 8. The van der Waals surface area contributed by atoms with Gasteiger partial charge in [-0.05, 0) is 159 Å². The molecule has 6 rings (SSSR count). The van der Waals surface area contributed by atoms with E-state index in [4.69, 9.17) is 9.47 Å². The Bertz CT molecular complexity index is 2240. The molecule has 4 bridgehead atoms. The first-order chi connectivity index (χ1) is 28.7. The van der Waals surface area contributed by atoms with Crippen LogP contribution in [0, 0.1) is 11.8 Å². The van der Waals surface area contributed by atoms with Crippen molar-refractivity contribution < 1.29 is 28.7 Å². The van der Waals surface area contributed by atoms with Crippen molar-refractivity contribution in [2.24, 2.45) is 11.8 Å². The maximum absolute atomic E-state index is 12.8. The van der Waals surface area contributed by atoms with Crippen LogP contribution >= 0.6 is 47.8 Å². The third-order valence-corrected chi connectivity index (χ3v) is 12.3. The lowest BCUT2D eigenvalue weighted by Crippen LogP contribution is -2.35. The number of anilines is 2. The van der Waals surface area contributed by atoms with Crippen LogP contribution in [0.5, 0.6) is 0 Å². The molecule has 0 radical (unpaired) electrons. The van der Waals surface area contributed by atoms with Crippen molar-refractivity contribution in [1.29, 1.82) is 0 Å². The minimum Gasteiger partial charge on any atom is -0.444 e. The van der Waals surface area contributed by atoms with Gasteiger partial charge in [0.05, 0.1) is 23.5 Å². The van der Waals surface area contributed by atoms with Gasteiger partial charge in [0.15, 0.2) is 0 Å². The summed E-state index contributed by atoms with van der Waals surface area (Å²) in [6.45, 7) is 14.8. The number of halogens is 3. The van der Waals surface area contributed by atoms with E-state index in [1.165, 1.54) is 0 Å². The number of amides is 4. The molecular formula is C46H55Br3N6O6. The molecule has 4 heterocycles. The van der Waals surface area contributed by atoms with Crippen LogP contribution < -0.4 is 21.3 Å². The van der Waals surface area contributed by atoms with Crippen molar-refractivity contribution in [2.75, 3.05) is 10.6 Å². The zero-order valence-electron chi connectivity index (χ0n) is 35.9. The van der Waals surface area contributed by atoms with E-state index in [0.29, 0.717) is 25.7 Å². The highest BCUT2D eigenvalue weighted by molar-refractivity contribution is 9.13.